The molecule has 32 heavy (non-hydrogen) atoms. The van der Waals surface area contributed by atoms with Gasteiger partial charge in [0, 0.05) is 34.7 Å². The number of hydrogen-bond acceptors (Lipinski definition) is 3. The number of anilines is 2. The Morgan fingerprint density at radius 1 is 0.938 bits per heavy atom. The summed E-state index contributed by atoms with van der Waals surface area (Å²) >= 11 is 0. The maximum Gasteiger partial charge on any atom is 0.227 e. The molecule has 5 heteroatoms. The summed E-state index contributed by atoms with van der Waals surface area (Å²) in [5, 5.41) is 18.3. The first-order valence-electron chi connectivity index (χ1n) is 11.1. The molecule has 1 saturated carbocycles. The molecule has 4 aromatic rings. The highest BCUT2D eigenvalue weighted by Crippen LogP contribution is 2.31. The van der Waals surface area contributed by atoms with Crippen LogP contribution in [0.3, 0.4) is 0 Å². The third-order valence-electron chi connectivity index (χ3n) is 6.22. The monoisotopic (exact) mass is 425 g/mol. The van der Waals surface area contributed by atoms with Crippen molar-refractivity contribution in [2.75, 3.05) is 10.6 Å². The predicted octanol–water partition coefficient (Wildman–Crippen LogP) is 5.53. The van der Waals surface area contributed by atoms with E-state index < -0.39 is 6.23 Å². The van der Waals surface area contributed by atoms with Gasteiger partial charge >= 0.3 is 0 Å². The van der Waals surface area contributed by atoms with Crippen molar-refractivity contribution < 1.29 is 9.90 Å². The third kappa shape index (κ3) is 4.25. The van der Waals surface area contributed by atoms with Gasteiger partial charge in [-0.3, -0.25) is 4.79 Å². The lowest BCUT2D eigenvalue weighted by Gasteiger charge is -2.24. The highest BCUT2D eigenvalue weighted by molar-refractivity contribution is 5.95. The van der Waals surface area contributed by atoms with Crippen molar-refractivity contribution in [3.63, 3.8) is 0 Å². The number of nitrogens with one attached hydrogen (secondary N) is 2. The number of aliphatic hydroxyl groups excluding tert-OH is 1. The van der Waals surface area contributed by atoms with Crippen LogP contribution in [0.4, 0.5) is 11.4 Å². The minimum Gasteiger partial charge on any atom is -0.368 e. The van der Waals surface area contributed by atoms with E-state index in [0.717, 1.165) is 52.8 Å². The standard InChI is InChI=1S/C27H27N3O2/c31-26(20-10-7-11-20)29-23-14-15-24-21(16-23)17-25(27(32)28-22-12-5-2-6-13-22)30(24)18-19-8-3-1-4-9-19/h1-6,8-9,12-17,20,27-28,32H,7,10-11,18H2,(H,29,31). The van der Waals surface area contributed by atoms with Crippen LogP contribution < -0.4 is 10.6 Å². The molecule has 0 aliphatic heterocycles. The van der Waals surface area contributed by atoms with Crippen LogP contribution in [0.2, 0.25) is 0 Å². The normalized spacial score (nSPS) is 14.7. The van der Waals surface area contributed by atoms with E-state index in [1.165, 1.54) is 0 Å². The summed E-state index contributed by atoms with van der Waals surface area (Å²) in [7, 11) is 0. The van der Waals surface area contributed by atoms with E-state index in [4.69, 9.17) is 0 Å². The molecule has 0 bridgehead atoms. The molecule has 1 fully saturated rings. The molecule has 1 unspecified atom stereocenters. The third-order valence-corrected chi connectivity index (χ3v) is 6.22. The number of rotatable bonds is 7. The van der Waals surface area contributed by atoms with Crippen LogP contribution in [-0.4, -0.2) is 15.6 Å². The predicted molar refractivity (Wildman–Crippen MR) is 128 cm³/mol. The second-order valence-electron chi connectivity index (χ2n) is 8.44. The van der Waals surface area contributed by atoms with Crippen LogP contribution in [0.15, 0.2) is 84.9 Å². The largest absolute Gasteiger partial charge is 0.368 e. The fourth-order valence-corrected chi connectivity index (χ4v) is 4.22. The van der Waals surface area contributed by atoms with Crippen molar-refractivity contribution in [3.8, 4) is 0 Å². The maximum absolute atomic E-state index is 12.4. The lowest BCUT2D eigenvalue weighted by atomic mass is 9.85. The average Bonchev–Trinajstić information content (AvgIpc) is 3.11. The summed E-state index contributed by atoms with van der Waals surface area (Å²) in [6.45, 7) is 0.640. The molecule has 1 aromatic heterocycles. The molecule has 3 aromatic carbocycles. The highest BCUT2D eigenvalue weighted by atomic mass is 16.3. The number of amides is 1. The van der Waals surface area contributed by atoms with Gasteiger partial charge in [-0.25, -0.2) is 0 Å². The molecule has 1 atom stereocenters. The summed E-state index contributed by atoms with van der Waals surface area (Å²) in [5.41, 5.74) is 4.59. The van der Waals surface area contributed by atoms with Crippen LogP contribution in [-0.2, 0) is 11.3 Å². The van der Waals surface area contributed by atoms with E-state index in [2.05, 4.69) is 27.3 Å². The molecule has 0 radical (unpaired) electrons. The zero-order valence-corrected chi connectivity index (χ0v) is 17.9. The van der Waals surface area contributed by atoms with E-state index in [-0.39, 0.29) is 11.8 Å². The first-order valence-corrected chi connectivity index (χ1v) is 11.1. The molecule has 3 N–H and O–H groups in total. The summed E-state index contributed by atoms with van der Waals surface area (Å²) in [4.78, 5) is 12.4. The number of fused-ring (bicyclic) bond motifs is 1. The second kappa shape index (κ2) is 8.89. The Labute approximate surface area is 187 Å². The molecule has 162 valence electrons. The lowest BCUT2D eigenvalue weighted by Crippen LogP contribution is -2.27. The minimum absolute atomic E-state index is 0.102. The van der Waals surface area contributed by atoms with Crippen molar-refractivity contribution in [2.45, 2.75) is 32.0 Å². The summed E-state index contributed by atoms with van der Waals surface area (Å²) in [6.07, 6.45) is 2.21. The van der Waals surface area contributed by atoms with Gasteiger partial charge in [-0.15, -0.1) is 0 Å². The number of aromatic nitrogens is 1. The molecule has 1 amide bonds. The number of carbonyl (C=O) groups excluding carboxylic acids is 1. The number of carbonyl (C=O) groups is 1. The molecule has 1 heterocycles. The maximum atomic E-state index is 12.4. The van der Waals surface area contributed by atoms with E-state index in [9.17, 15) is 9.90 Å². The quantitative estimate of drug-likeness (QED) is 0.341. The van der Waals surface area contributed by atoms with E-state index >= 15 is 0 Å². The van der Waals surface area contributed by atoms with Crippen LogP contribution in [0.25, 0.3) is 10.9 Å². The molecule has 5 rings (SSSR count). The SMILES string of the molecule is O=C(Nc1ccc2c(c1)cc(C(O)Nc1ccccc1)n2Cc1ccccc1)C1CCC1. The smallest absolute Gasteiger partial charge is 0.227 e. The number of para-hydroxylation sites is 1. The Hall–Kier alpha value is -3.57. The van der Waals surface area contributed by atoms with Gasteiger partial charge < -0.3 is 20.3 Å². The summed E-state index contributed by atoms with van der Waals surface area (Å²) in [5.74, 6) is 0.242. The Morgan fingerprint density at radius 2 is 1.66 bits per heavy atom. The molecule has 5 nitrogen and oxygen atoms in total. The van der Waals surface area contributed by atoms with E-state index in [1.807, 2.05) is 72.8 Å². The van der Waals surface area contributed by atoms with Gasteiger partial charge in [0.25, 0.3) is 0 Å². The molecule has 1 aliphatic carbocycles. The summed E-state index contributed by atoms with van der Waals surface area (Å²) in [6, 6.07) is 27.9. The van der Waals surface area contributed by atoms with Crippen molar-refractivity contribution in [1.82, 2.24) is 4.57 Å². The topological polar surface area (TPSA) is 66.3 Å². The van der Waals surface area contributed by atoms with Gasteiger partial charge in [0.1, 0.15) is 0 Å². The zero-order chi connectivity index (χ0) is 21.9. The fourth-order valence-electron chi connectivity index (χ4n) is 4.22. The van der Waals surface area contributed by atoms with Crippen LogP contribution in [0, 0.1) is 5.92 Å². The molecular weight excluding hydrogens is 398 g/mol. The Kier molecular flexibility index (Phi) is 5.65. The first kappa shape index (κ1) is 20.3. The number of hydrogen-bond donors (Lipinski definition) is 3. The number of nitrogens with zero attached hydrogens (tertiary/aromatic N) is 1. The summed E-state index contributed by atoms with van der Waals surface area (Å²) < 4.78 is 2.13. The first-order chi connectivity index (χ1) is 15.7. The minimum atomic E-state index is -0.874. The van der Waals surface area contributed by atoms with Gasteiger partial charge in [0.2, 0.25) is 5.91 Å². The second-order valence-corrected chi connectivity index (χ2v) is 8.44. The highest BCUT2D eigenvalue weighted by Gasteiger charge is 2.25. The fraction of sp³-hybridized carbons (Fsp3) is 0.222. The van der Waals surface area contributed by atoms with Gasteiger partial charge in [-0.1, -0.05) is 55.0 Å². The van der Waals surface area contributed by atoms with Crippen molar-refractivity contribution in [3.05, 3.63) is 96.2 Å². The van der Waals surface area contributed by atoms with Crippen molar-refractivity contribution in [2.24, 2.45) is 5.92 Å². The van der Waals surface area contributed by atoms with Gasteiger partial charge in [-0.05, 0) is 54.8 Å². The average molecular weight is 426 g/mol. The molecule has 0 spiro atoms. The Morgan fingerprint density at radius 3 is 2.34 bits per heavy atom. The molecule has 0 saturated heterocycles. The van der Waals surface area contributed by atoms with Crippen molar-refractivity contribution >= 4 is 28.2 Å². The van der Waals surface area contributed by atoms with Crippen molar-refractivity contribution in [1.29, 1.82) is 0 Å². The number of aliphatic hydroxyl groups is 1. The van der Waals surface area contributed by atoms with Crippen LogP contribution in [0.5, 0.6) is 0 Å². The molecular formula is C27H27N3O2. The Balaban J connectivity index is 1.49. The lowest BCUT2D eigenvalue weighted by molar-refractivity contribution is -0.122. The zero-order valence-electron chi connectivity index (χ0n) is 17.9. The van der Waals surface area contributed by atoms with Gasteiger partial charge in [-0.2, -0.15) is 0 Å². The van der Waals surface area contributed by atoms with Crippen LogP contribution in [0.1, 0.15) is 36.7 Å². The Bertz CT molecular complexity index is 1210. The van der Waals surface area contributed by atoms with E-state index in [0.29, 0.717) is 6.54 Å². The molecule has 1 aliphatic rings. The van der Waals surface area contributed by atoms with E-state index in [1.54, 1.807) is 0 Å². The van der Waals surface area contributed by atoms with Crippen LogP contribution >= 0.6 is 0 Å². The van der Waals surface area contributed by atoms with Gasteiger partial charge in [0.15, 0.2) is 6.23 Å². The number of benzene rings is 3. The van der Waals surface area contributed by atoms with Gasteiger partial charge in [0.05, 0.1) is 5.69 Å².